The minimum absolute atomic E-state index is 0.130. The van der Waals surface area contributed by atoms with Gasteiger partial charge in [0.1, 0.15) is 17.3 Å². The first-order valence-electron chi connectivity index (χ1n) is 8.47. The predicted octanol–water partition coefficient (Wildman–Crippen LogP) is 2.44. The van der Waals surface area contributed by atoms with E-state index in [1.807, 2.05) is 12.1 Å². The number of fused-ring (bicyclic) bond motifs is 1. The molecule has 2 N–H and O–H groups in total. The van der Waals surface area contributed by atoms with Gasteiger partial charge in [-0.2, -0.15) is 5.26 Å². The second-order valence-electron chi connectivity index (χ2n) is 6.58. The van der Waals surface area contributed by atoms with Crippen molar-refractivity contribution in [2.24, 2.45) is 5.92 Å². The molecule has 0 spiro atoms. The van der Waals surface area contributed by atoms with Crippen LogP contribution >= 0.6 is 0 Å². The third kappa shape index (κ3) is 3.94. The molecule has 2 aromatic rings. The van der Waals surface area contributed by atoms with Gasteiger partial charge in [0.2, 0.25) is 0 Å². The first-order chi connectivity index (χ1) is 12.1. The van der Waals surface area contributed by atoms with Crippen LogP contribution in [0.25, 0.3) is 0 Å². The van der Waals surface area contributed by atoms with Crippen molar-refractivity contribution in [2.45, 2.75) is 33.2 Å². The van der Waals surface area contributed by atoms with E-state index >= 15 is 0 Å². The first-order valence-corrected chi connectivity index (χ1v) is 8.47. The summed E-state index contributed by atoms with van der Waals surface area (Å²) in [6, 6.07) is 9.54. The summed E-state index contributed by atoms with van der Waals surface area (Å²) >= 11 is 0. The molecule has 25 heavy (non-hydrogen) atoms. The zero-order valence-corrected chi connectivity index (χ0v) is 14.5. The largest absolute Gasteiger partial charge is 0.366 e. The number of anilines is 1. The predicted molar refractivity (Wildman–Crippen MR) is 95.1 cm³/mol. The fourth-order valence-electron chi connectivity index (χ4n) is 2.83. The molecule has 1 amide bonds. The molecular weight excluding hydrogens is 314 g/mol. The number of nitriles is 1. The first kappa shape index (κ1) is 16.9. The van der Waals surface area contributed by atoms with Crippen molar-refractivity contribution in [1.29, 1.82) is 5.26 Å². The van der Waals surface area contributed by atoms with Crippen molar-refractivity contribution in [3.05, 3.63) is 52.5 Å². The minimum Gasteiger partial charge on any atom is -0.366 e. The van der Waals surface area contributed by atoms with Crippen LogP contribution in [0, 0.1) is 17.2 Å². The van der Waals surface area contributed by atoms with E-state index in [-0.39, 0.29) is 5.91 Å². The normalized spacial score (nSPS) is 13.1. The van der Waals surface area contributed by atoms with Crippen molar-refractivity contribution in [3.8, 4) is 6.07 Å². The van der Waals surface area contributed by atoms with E-state index in [0.717, 1.165) is 29.8 Å². The molecule has 0 fully saturated rings. The number of benzene rings is 1. The maximum absolute atomic E-state index is 12.2. The van der Waals surface area contributed by atoms with E-state index < -0.39 is 0 Å². The molecule has 0 unspecified atom stereocenters. The number of carbonyl (C=O) groups is 1. The van der Waals surface area contributed by atoms with Crippen LogP contribution in [-0.2, 0) is 19.4 Å². The number of aromatic nitrogens is 2. The number of rotatable bonds is 5. The van der Waals surface area contributed by atoms with Crippen LogP contribution < -0.4 is 10.6 Å². The molecule has 0 saturated heterocycles. The van der Waals surface area contributed by atoms with Crippen molar-refractivity contribution < 1.29 is 4.79 Å². The van der Waals surface area contributed by atoms with Gasteiger partial charge in [-0.15, -0.1) is 0 Å². The molecular formula is C19H21N5O. The summed E-state index contributed by atoms with van der Waals surface area (Å²) < 4.78 is 0. The lowest BCUT2D eigenvalue weighted by Gasteiger charge is -2.20. The molecule has 6 nitrogen and oxygen atoms in total. The molecule has 1 aromatic heterocycles. The lowest BCUT2D eigenvalue weighted by molar-refractivity contribution is 0.0940. The van der Waals surface area contributed by atoms with Crippen molar-refractivity contribution in [1.82, 2.24) is 15.3 Å². The third-order valence-electron chi connectivity index (χ3n) is 4.06. The number of hydrogen-bond donors (Lipinski definition) is 2. The molecule has 6 heteroatoms. The van der Waals surface area contributed by atoms with Gasteiger partial charge in [-0.25, -0.2) is 9.97 Å². The molecule has 1 aliphatic heterocycles. The van der Waals surface area contributed by atoms with E-state index in [2.05, 4.69) is 40.5 Å². The van der Waals surface area contributed by atoms with Crippen LogP contribution in [0.5, 0.6) is 0 Å². The molecule has 0 saturated carbocycles. The summed E-state index contributed by atoms with van der Waals surface area (Å²) in [6.45, 7) is 5.39. The van der Waals surface area contributed by atoms with E-state index in [1.165, 1.54) is 0 Å². The zero-order valence-electron chi connectivity index (χ0n) is 14.5. The van der Waals surface area contributed by atoms with Gasteiger partial charge < -0.3 is 10.6 Å². The van der Waals surface area contributed by atoms with Crippen LogP contribution in [0.2, 0.25) is 0 Å². The van der Waals surface area contributed by atoms with E-state index in [1.54, 1.807) is 12.1 Å². The minimum atomic E-state index is -0.130. The fourth-order valence-corrected chi connectivity index (χ4v) is 2.83. The number of carbonyl (C=O) groups excluding carboxylic acids is 1. The summed E-state index contributed by atoms with van der Waals surface area (Å²) in [5.41, 5.74) is 3.06. The molecule has 3 rings (SSSR count). The monoisotopic (exact) mass is 335 g/mol. The Bertz CT molecular complexity index is 821. The topological polar surface area (TPSA) is 90.7 Å². The highest BCUT2D eigenvalue weighted by molar-refractivity contribution is 5.96. The summed E-state index contributed by atoms with van der Waals surface area (Å²) in [7, 11) is 0. The number of nitrogens with zero attached hydrogens (tertiary/aromatic N) is 3. The highest BCUT2D eigenvalue weighted by Crippen LogP contribution is 2.22. The maximum Gasteiger partial charge on any atom is 0.270 e. The molecule has 1 aliphatic rings. The molecule has 0 aliphatic carbocycles. The lowest BCUT2D eigenvalue weighted by atomic mass is 10.0. The van der Waals surface area contributed by atoms with Gasteiger partial charge in [0.05, 0.1) is 11.6 Å². The van der Waals surface area contributed by atoms with Crippen LogP contribution in [0.15, 0.2) is 24.3 Å². The third-order valence-corrected chi connectivity index (χ3v) is 4.06. The van der Waals surface area contributed by atoms with E-state index in [0.29, 0.717) is 36.1 Å². The Morgan fingerprint density at radius 1 is 1.28 bits per heavy atom. The van der Waals surface area contributed by atoms with Crippen molar-refractivity contribution in [3.63, 3.8) is 0 Å². The Hall–Kier alpha value is -2.94. The van der Waals surface area contributed by atoms with Gasteiger partial charge in [-0.1, -0.05) is 26.0 Å². The van der Waals surface area contributed by atoms with Gasteiger partial charge in [0.15, 0.2) is 0 Å². The average molecular weight is 335 g/mol. The highest BCUT2D eigenvalue weighted by atomic mass is 16.1. The Morgan fingerprint density at radius 3 is 2.72 bits per heavy atom. The molecule has 1 aromatic carbocycles. The number of nitrogens with one attached hydrogen (secondary N) is 2. The zero-order chi connectivity index (χ0) is 17.8. The Morgan fingerprint density at radius 2 is 2.04 bits per heavy atom. The van der Waals surface area contributed by atoms with Crippen molar-refractivity contribution >= 4 is 11.7 Å². The summed E-state index contributed by atoms with van der Waals surface area (Å²) in [5.74, 6) is 1.71. The summed E-state index contributed by atoms with van der Waals surface area (Å²) in [4.78, 5) is 21.3. The van der Waals surface area contributed by atoms with E-state index in [9.17, 15) is 4.79 Å². The van der Waals surface area contributed by atoms with Crippen LogP contribution in [0.4, 0.5) is 5.82 Å². The Labute approximate surface area is 147 Å². The summed E-state index contributed by atoms with van der Waals surface area (Å²) in [5, 5.41) is 15.1. The lowest BCUT2D eigenvalue weighted by Crippen LogP contribution is -2.34. The highest BCUT2D eigenvalue weighted by Gasteiger charge is 2.23. The SMILES string of the molecule is CC(C)Cc1nc(NCc2ccc(C#N)cc2)c2c(n1)C(=O)NCC2. The van der Waals surface area contributed by atoms with Gasteiger partial charge >= 0.3 is 0 Å². The Kier molecular flexibility index (Phi) is 4.94. The molecule has 0 bridgehead atoms. The fraction of sp³-hybridized carbons (Fsp3) is 0.368. The smallest absolute Gasteiger partial charge is 0.270 e. The second kappa shape index (κ2) is 7.31. The maximum atomic E-state index is 12.2. The molecule has 128 valence electrons. The van der Waals surface area contributed by atoms with Gasteiger partial charge in [0, 0.05) is 25.1 Å². The number of amides is 1. The Balaban J connectivity index is 1.86. The van der Waals surface area contributed by atoms with Crippen LogP contribution in [0.1, 0.15) is 46.9 Å². The molecule has 2 heterocycles. The van der Waals surface area contributed by atoms with Gasteiger partial charge in [0.25, 0.3) is 5.91 Å². The van der Waals surface area contributed by atoms with Crippen molar-refractivity contribution in [2.75, 3.05) is 11.9 Å². The number of hydrogen-bond acceptors (Lipinski definition) is 5. The van der Waals surface area contributed by atoms with Gasteiger partial charge in [-0.3, -0.25) is 4.79 Å². The molecule has 0 atom stereocenters. The standard InChI is InChI=1S/C19H21N5O/c1-12(2)9-16-23-17-15(7-8-21-19(17)25)18(24-16)22-11-14-5-3-13(10-20)4-6-14/h3-6,12H,7-9,11H2,1-2H3,(H,21,25)(H,22,23,24). The average Bonchev–Trinajstić information content (AvgIpc) is 2.60. The van der Waals surface area contributed by atoms with Gasteiger partial charge in [-0.05, 0) is 30.0 Å². The molecule has 0 radical (unpaired) electrons. The second-order valence-corrected chi connectivity index (χ2v) is 6.58. The van der Waals surface area contributed by atoms with Crippen LogP contribution in [-0.4, -0.2) is 22.4 Å². The van der Waals surface area contributed by atoms with Crippen LogP contribution in [0.3, 0.4) is 0 Å². The van der Waals surface area contributed by atoms with E-state index in [4.69, 9.17) is 5.26 Å². The summed E-state index contributed by atoms with van der Waals surface area (Å²) in [6.07, 6.45) is 1.45. The quantitative estimate of drug-likeness (QED) is 0.876.